The molecule has 1 aromatic carbocycles. The highest BCUT2D eigenvalue weighted by molar-refractivity contribution is 9.11. The Balaban J connectivity index is 0.000000292. The third-order valence-electron chi connectivity index (χ3n) is 0.787. The average molecular weight is 300 g/mol. The van der Waals surface area contributed by atoms with Gasteiger partial charge in [0.25, 0.3) is 0 Å². The molecule has 1 nitrogen and oxygen atoms in total. The summed E-state index contributed by atoms with van der Waals surface area (Å²) >= 11 is 11.0. The van der Waals surface area contributed by atoms with Gasteiger partial charge >= 0.3 is 0 Å². The van der Waals surface area contributed by atoms with Crippen molar-refractivity contribution in [3.63, 3.8) is 0 Å². The summed E-state index contributed by atoms with van der Waals surface area (Å²) in [5.74, 6) is 0.222. The van der Waals surface area contributed by atoms with Crippen LogP contribution in [0.5, 0.6) is 0 Å². The quantitative estimate of drug-likeness (QED) is 0.528. The Morgan fingerprint density at radius 1 is 1.27 bits per heavy atom. The zero-order chi connectivity index (χ0) is 8.69. The Morgan fingerprint density at radius 3 is 1.82 bits per heavy atom. The molecule has 0 amide bonds. The molecule has 4 heteroatoms. The zero-order valence-corrected chi connectivity index (χ0v) is 9.36. The highest BCUT2D eigenvalue weighted by atomic mass is 79.9. The summed E-state index contributed by atoms with van der Waals surface area (Å²) in [4.78, 5) is 8.57. The number of carbonyl (C=O) groups is 1. The molecular formula is C7H5Br2ClO. The summed E-state index contributed by atoms with van der Waals surface area (Å²) in [5, 5.41) is 0. The first-order valence-corrected chi connectivity index (χ1v) is 4.68. The molecule has 0 aliphatic carbocycles. The van der Waals surface area contributed by atoms with Crippen LogP contribution >= 0.6 is 43.5 Å². The molecule has 11 heavy (non-hydrogen) atoms. The van der Waals surface area contributed by atoms with E-state index in [2.05, 4.69) is 43.5 Å². The topological polar surface area (TPSA) is 17.1 Å². The van der Waals surface area contributed by atoms with Crippen LogP contribution in [0, 0.1) is 0 Å². The van der Waals surface area contributed by atoms with Crippen molar-refractivity contribution in [2.45, 2.75) is 0 Å². The molecule has 0 saturated carbocycles. The Kier molecular flexibility index (Phi) is 6.91. The van der Waals surface area contributed by atoms with Crippen molar-refractivity contribution in [3.05, 3.63) is 33.2 Å². The van der Waals surface area contributed by atoms with Crippen molar-refractivity contribution in [1.82, 2.24) is 0 Å². The van der Waals surface area contributed by atoms with Gasteiger partial charge in [-0.25, -0.2) is 0 Å². The largest absolute Gasteiger partial charge is 0.285 e. The van der Waals surface area contributed by atoms with Crippen LogP contribution in [0.3, 0.4) is 0 Å². The van der Waals surface area contributed by atoms with Crippen molar-refractivity contribution < 1.29 is 4.79 Å². The first-order valence-electron chi connectivity index (χ1n) is 2.65. The third kappa shape index (κ3) is 6.53. The maximum Gasteiger partial charge on any atom is 0.208 e. The number of rotatable bonds is 0. The molecule has 0 spiro atoms. The minimum absolute atomic E-state index is 0.222. The van der Waals surface area contributed by atoms with Crippen LogP contribution in [0.2, 0.25) is 0 Å². The van der Waals surface area contributed by atoms with E-state index in [1.54, 1.807) is 0 Å². The highest BCUT2D eigenvalue weighted by Crippen LogP contribution is 2.15. The van der Waals surface area contributed by atoms with Crippen molar-refractivity contribution in [3.8, 4) is 0 Å². The fraction of sp³-hybridized carbons (Fsp3) is 0. The molecule has 0 aliphatic rings. The van der Waals surface area contributed by atoms with Gasteiger partial charge in [0.05, 0.1) is 0 Å². The van der Waals surface area contributed by atoms with E-state index < -0.39 is 0 Å². The third-order valence-corrected chi connectivity index (χ3v) is 1.77. The van der Waals surface area contributed by atoms with Crippen LogP contribution in [0.25, 0.3) is 0 Å². The van der Waals surface area contributed by atoms with Gasteiger partial charge in [-0.15, -0.1) is 0 Å². The average Bonchev–Trinajstić information content (AvgIpc) is 1.88. The summed E-state index contributed by atoms with van der Waals surface area (Å²) in [7, 11) is 0. The lowest BCUT2D eigenvalue weighted by Crippen LogP contribution is -1.61. The molecule has 0 radical (unpaired) electrons. The fourth-order valence-electron chi connectivity index (χ4n) is 0.460. The normalized spacial score (nSPS) is 7.91. The number of benzene rings is 1. The van der Waals surface area contributed by atoms with E-state index in [0.717, 1.165) is 8.95 Å². The second-order valence-corrected chi connectivity index (χ2v) is 3.54. The van der Waals surface area contributed by atoms with Crippen molar-refractivity contribution in [1.29, 1.82) is 0 Å². The van der Waals surface area contributed by atoms with E-state index in [-0.39, 0.29) is 5.75 Å². The first kappa shape index (κ1) is 11.1. The number of hydrogen-bond acceptors (Lipinski definition) is 1. The second-order valence-electron chi connectivity index (χ2n) is 1.53. The highest BCUT2D eigenvalue weighted by Gasteiger charge is 1.84. The molecule has 0 N–H and O–H groups in total. The predicted molar refractivity (Wildman–Crippen MR) is 54.4 cm³/mol. The van der Waals surface area contributed by atoms with Gasteiger partial charge in [-0.1, -0.05) is 37.9 Å². The Morgan fingerprint density at radius 2 is 1.64 bits per heavy atom. The summed E-state index contributed by atoms with van der Waals surface area (Å²) in [5.41, 5.74) is 0. The van der Waals surface area contributed by atoms with Crippen LogP contribution in [0.15, 0.2) is 33.2 Å². The molecule has 0 bridgehead atoms. The fourth-order valence-corrected chi connectivity index (χ4v) is 1.57. The second kappa shape index (κ2) is 6.83. The molecule has 0 atom stereocenters. The molecule has 0 aromatic heterocycles. The van der Waals surface area contributed by atoms with Gasteiger partial charge in [-0.05, 0) is 29.8 Å². The van der Waals surface area contributed by atoms with E-state index in [4.69, 9.17) is 4.79 Å². The van der Waals surface area contributed by atoms with Gasteiger partial charge in [-0.2, -0.15) is 0 Å². The Bertz CT molecular complexity index is 210. The van der Waals surface area contributed by atoms with E-state index in [1.807, 2.05) is 24.3 Å². The monoisotopic (exact) mass is 298 g/mol. The molecule has 0 fully saturated rings. The van der Waals surface area contributed by atoms with Gasteiger partial charge in [-0.3, -0.25) is 4.79 Å². The van der Waals surface area contributed by atoms with Crippen molar-refractivity contribution in [2.75, 3.05) is 0 Å². The molecule has 60 valence electrons. The molecule has 0 saturated heterocycles. The smallest absolute Gasteiger partial charge is 0.208 e. The lowest BCUT2D eigenvalue weighted by molar-refractivity contribution is 0.569. The van der Waals surface area contributed by atoms with Gasteiger partial charge in [0.2, 0.25) is 5.75 Å². The minimum Gasteiger partial charge on any atom is -0.285 e. The van der Waals surface area contributed by atoms with Gasteiger partial charge < -0.3 is 0 Å². The molecular weight excluding hydrogens is 295 g/mol. The first-order chi connectivity index (χ1) is 5.20. The minimum atomic E-state index is 0.222. The van der Waals surface area contributed by atoms with Crippen LogP contribution in [-0.2, 0) is 4.79 Å². The van der Waals surface area contributed by atoms with E-state index in [9.17, 15) is 0 Å². The summed E-state index contributed by atoms with van der Waals surface area (Å²) in [6.45, 7) is 0. The van der Waals surface area contributed by atoms with Gasteiger partial charge in [0, 0.05) is 8.95 Å². The summed E-state index contributed by atoms with van der Waals surface area (Å²) in [6, 6.07) is 7.96. The molecule has 0 heterocycles. The van der Waals surface area contributed by atoms with E-state index in [1.165, 1.54) is 0 Å². The maximum absolute atomic E-state index is 8.57. The number of halogens is 3. The Hall–Kier alpha value is 0.140. The summed E-state index contributed by atoms with van der Waals surface area (Å²) in [6.07, 6.45) is 0. The van der Waals surface area contributed by atoms with Gasteiger partial charge in [0.1, 0.15) is 0 Å². The molecule has 0 unspecified atom stereocenters. The molecule has 1 rings (SSSR count). The van der Waals surface area contributed by atoms with E-state index in [0.29, 0.717) is 0 Å². The standard InChI is InChI=1S/C6H4Br2.CHClO/c7-5-2-1-3-6(8)4-5;2-1-3/h1-4H;1H. The molecule has 0 aliphatic heterocycles. The SMILES string of the molecule is Brc1cccc(Br)c1.O=CCl. The van der Waals surface area contributed by atoms with Crippen LogP contribution in [0.1, 0.15) is 0 Å². The van der Waals surface area contributed by atoms with Crippen LogP contribution in [0.4, 0.5) is 0 Å². The maximum atomic E-state index is 8.57. The number of carbonyl (C=O) groups excluding carboxylic acids is 1. The molecule has 1 aromatic rings. The van der Waals surface area contributed by atoms with Crippen LogP contribution < -0.4 is 0 Å². The summed E-state index contributed by atoms with van der Waals surface area (Å²) < 4.78 is 2.21. The Labute approximate surface area is 87.0 Å². The zero-order valence-electron chi connectivity index (χ0n) is 5.43. The predicted octanol–water partition coefficient (Wildman–Crippen LogP) is 3.63. The lowest BCUT2D eigenvalue weighted by atomic mass is 10.4. The van der Waals surface area contributed by atoms with Crippen LogP contribution in [-0.4, -0.2) is 5.75 Å². The van der Waals surface area contributed by atoms with Crippen molar-refractivity contribution >= 4 is 49.2 Å². The lowest BCUT2D eigenvalue weighted by Gasteiger charge is -1.87. The number of hydrogen-bond donors (Lipinski definition) is 0. The van der Waals surface area contributed by atoms with Crippen molar-refractivity contribution in [2.24, 2.45) is 0 Å². The van der Waals surface area contributed by atoms with E-state index >= 15 is 0 Å². The van der Waals surface area contributed by atoms with Gasteiger partial charge in [0.15, 0.2) is 0 Å².